The largest absolute Gasteiger partial charge is 0.333 e. The van der Waals surface area contributed by atoms with Crippen molar-refractivity contribution < 1.29 is 4.92 Å². The Kier molecular flexibility index (Phi) is 3.81. The molecule has 0 bridgehead atoms. The third-order valence-corrected chi connectivity index (χ3v) is 4.14. The predicted octanol–water partition coefficient (Wildman–Crippen LogP) is 4.42. The van der Waals surface area contributed by atoms with Crippen LogP contribution in [0.5, 0.6) is 0 Å². The smallest absolute Gasteiger partial charge is 0.271 e. The molecule has 0 saturated carbocycles. The summed E-state index contributed by atoms with van der Waals surface area (Å²) in [6.45, 7) is 0. The van der Waals surface area contributed by atoms with Crippen molar-refractivity contribution in [2.75, 3.05) is 0 Å². The zero-order valence-corrected chi connectivity index (χ0v) is 12.3. The third kappa shape index (κ3) is 3.17. The molecule has 0 radical (unpaired) electrons. The third-order valence-electron chi connectivity index (χ3n) is 2.94. The molecule has 0 aliphatic heterocycles. The summed E-state index contributed by atoms with van der Waals surface area (Å²) in [6.07, 6.45) is 0. The Morgan fingerprint density at radius 3 is 2.71 bits per heavy atom. The molecule has 0 amide bonds. The highest BCUT2D eigenvalue weighted by Gasteiger charge is 2.09. The molecule has 1 aromatic heterocycles. The van der Waals surface area contributed by atoms with Gasteiger partial charge in [-0.05, 0) is 23.8 Å². The van der Waals surface area contributed by atoms with Gasteiger partial charge in [0.2, 0.25) is 0 Å². The minimum Gasteiger partial charge on any atom is -0.333 e. The van der Waals surface area contributed by atoms with Gasteiger partial charge in [0.15, 0.2) is 5.16 Å². The van der Waals surface area contributed by atoms with Crippen molar-refractivity contribution in [1.29, 1.82) is 0 Å². The topological polar surface area (TPSA) is 71.8 Å². The molecule has 106 valence electrons. The molecule has 0 atom stereocenters. The number of halogens is 1. The van der Waals surface area contributed by atoms with Crippen LogP contribution in [0.15, 0.2) is 47.6 Å². The lowest BCUT2D eigenvalue weighted by Gasteiger charge is -1.98. The van der Waals surface area contributed by atoms with Crippen molar-refractivity contribution in [3.8, 4) is 0 Å². The van der Waals surface area contributed by atoms with Crippen molar-refractivity contribution in [3.05, 3.63) is 63.2 Å². The van der Waals surface area contributed by atoms with Crippen LogP contribution >= 0.6 is 23.4 Å². The van der Waals surface area contributed by atoms with E-state index in [4.69, 9.17) is 11.6 Å². The second-order valence-corrected chi connectivity index (χ2v) is 5.82. The number of benzene rings is 2. The number of imidazole rings is 1. The number of H-pyrrole nitrogens is 1. The lowest BCUT2D eigenvalue weighted by atomic mass is 10.2. The van der Waals surface area contributed by atoms with Gasteiger partial charge in [-0.3, -0.25) is 10.1 Å². The van der Waals surface area contributed by atoms with Crippen LogP contribution in [-0.2, 0) is 5.75 Å². The van der Waals surface area contributed by atoms with Gasteiger partial charge in [0.1, 0.15) is 0 Å². The number of hydrogen-bond donors (Lipinski definition) is 1. The molecule has 3 aromatic rings. The Balaban J connectivity index is 1.78. The Morgan fingerprint density at radius 1 is 1.24 bits per heavy atom. The van der Waals surface area contributed by atoms with E-state index in [2.05, 4.69) is 9.97 Å². The predicted molar refractivity (Wildman–Crippen MR) is 83.8 cm³/mol. The number of thioether (sulfide) groups is 1. The normalized spacial score (nSPS) is 10.9. The van der Waals surface area contributed by atoms with Crippen LogP contribution in [0.2, 0.25) is 5.02 Å². The minimum atomic E-state index is -0.416. The standard InChI is InChI=1S/C14H10ClN3O2S/c15-10-3-1-9(2-4-10)8-21-14-16-12-6-5-11(18(19)20)7-13(12)17-14/h1-7H,8H2,(H,16,17). The summed E-state index contributed by atoms with van der Waals surface area (Å²) in [5.41, 5.74) is 2.58. The second kappa shape index (κ2) is 5.75. The zero-order valence-electron chi connectivity index (χ0n) is 10.7. The fourth-order valence-electron chi connectivity index (χ4n) is 1.89. The van der Waals surface area contributed by atoms with Crippen LogP contribution in [0.1, 0.15) is 5.56 Å². The van der Waals surface area contributed by atoms with Gasteiger partial charge in [-0.1, -0.05) is 35.5 Å². The number of aromatic amines is 1. The summed E-state index contributed by atoms with van der Waals surface area (Å²) in [7, 11) is 0. The van der Waals surface area contributed by atoms with Crippen molar-refractivity contribution in [2.45, 2.75) is 10.9 Å². The molecular formula is C14H10ClN3O2S. The van der Waals surface area contributed by atoms with E-state index in [1.54, 1.807) is 6.07 Å². The van der Waals surface area contributed by atoms with E-state index in [-0.39, 0.29) is 5.69 Å². The van der Waals surface area contributed by atoms with Gasteiger partial charge in [0.25, 0.3) is 5.69 Å². The maximum atomic E-state index is 10.7. The van der Waals surface area contributed by atoms with Gasteiger partial charge in [-0.2, -0.15) is 0 Å². The summed E-state index contributed by atoms with van der Waals surface area (Å²) in [5.74, 6) is 0.749. The summed E-state index contributed by atoms with van der Waals surface area (Å²) < 4.78 is 0. The Bertz CT molecular complexity index is 802. The maximum absolute atomic E-state index is 10.7. The molecule has 1 heterocycles. The molecule has 0 aliphatic carbocycles. The van der Waals surface area contributed by atoms with E-state index in [9.17, 15) is 10.1 Å². The fraction of sp³-hybridized carbons (Fsp3) is 0.0714. The van der Waals surface area contributed by atoms with Crippen molar-refractivity contribution in [3.63, 3.8) is 0 Å². The second-order valence-electron chi connectivity index (χ2n) is 4.42. The summed E-state index contributed by atoms with van der Waals surface area (Å²) in [6, 6.07) is 12.2. The average Bonchev–Trinajstić information content (AvgIpc) is 2.88. The maximum Gasteiger partial charge on any atom is 0.271 e. The number of rotatable bonds is 4. The van der Waals surface area contributed by atoms with E-state index in [0.29, 0.717) is 10.5 Å². The first-order valence-electron chi connectivity index (χ1n) is 6.13. The Morgan fingerprint density at radius 2 is 2.00 bits per heavy atom. The molecule has 0 aliphatic rings. The van der Waals surface area contributed by atoms with Gasteiger partial charge in [-0.15, -0.1) is 0 Å². The van der Waals surface area contributed by atoms with Crippen LogP contribution in [0.3, 0.4) is 0 Å². The van der Waals surface area contributed by atoms with Gasteiger partial charge in [0, 0.05) is 22.9 Å². The number of fused-ring (bicyclic) bond motifs is 1. The van der Waals surface area contributed by atoms with Crippen molar-refractivity contribution in [1.82, 2.24) is 9.97 Å². The lowest BCUT2D eigenvalue weighted by Crippen LogP contribution is -1.86. The van der Waals surface area contributed by atoms with E-state index in [1.807, 2.05) is 24.3 Å². The molecule has 0 unspecified atom stereocenters. The van der Waals surface area contributed by atoms with E-state index in [0.717, 1.165) is 22.0 Å². The van der Waals surface area contributed by atoms with Gasteiger partial charge < -0.3 is 4.98 Å². The molecule has 7 heteroatoms. The number of nitro groups is 1. The van der Waals surface area contributed by atoms with Gasteiger partial charge in [-0.25, -0.2) is 4.98 Å². The first-order chi connectivity index (χ1) is 10.1. The molecule has 21 heavy (non-hydrogen) atoms. The summed E-state index contributed by atoms with van der Waals surface area (Å²) in [4.78, 5) is 17.8. The molecule has 3 rings (SSSR count). The van der Waals surface area contributed by atoms with E-state index >= 15 is 0 Å². The molecular weight excluding hydrogens is 310 g/mol. The SMILES string of the molecule is O=[N+]([O-])c1ccc2nc(SCc3ccc(Cl)cc3)[nH]c2c1. The molecule has 5 nitrogen and oxygen atoms in total. The van der Waals surface area contributed by atoms with Crippen LogP contribution in [0.4, 0.5) is 5.69 Å². The minimum absolute atomic E-state index is 0.0559. The molecule has 0 fully saturated rings. The van der Waals surface area contributed by atoms with E-state index in [1.165, 1.54) is 23.9 Å². The van der Waals surface area contributed by atoms with Crippen LogP contribution < -0.4 is 0 Å². The molecule has 1 N–H and O–H groups in total. The fourth-order valence-corrected chi connectivity index (χ4v) is 2.86. The van der Waals surface area contributed by atoms with Crippen molar-refractivity contribution in [2.24, 2.45) is 0 Å². The molecule has 2 aromatic carbocycles. The molecule has 0 saturated heterocycles. The van der Waals surface area contributed by atoms with Gasteiger partial charge >= 0.3 is 0 Å². The van der Waals surface area contributed by atoms with Crippen LogP contribution in [-0.4, -0.2) is 14.9 Å². The number of nitrogens with one attached hydrogen (secondary N) is 1. The Hall–Kier alpha value is -2.05. The monoisotopic (exact) mass is 319 g/mol. The number of nitro benzene ring substituents is 1. The summed E-state index contributed by atoms with van der Waals surface area (Å²) in [5, 5.41) is 12.2. The Labute approximate surface area is 129 Å². The zero-order chi connectivity index (χ0) is 14.8. The first-order valence-corrected chi connectivity index (χ1v) is 7.49. The highest BCUT2D eigenvalue weighted by atomic mass is 35.5. The van der Waals surface area contributed by atoms with Crippen LogP contribution in [0.25, 0.3) is 11.0 Å². The average molecular weight is 320 g/mol. The summed E-state index contributed by atoms with van der Waals surface area (Å²) >= 11 is 7.38. The highest BCUT2D eigenvalue weighted by molar-refractivity contribution is 7.98. The lowest BCUT2D eigenvalue weighted by molar-refractivity contribution is -0.384. The van der Waals surface area contributed by atoms with Crippen LogP contribution in [0, 0.1) is 10.1 Å². The number of aromatic nitrogens is 2. The van der Waals surface area contributed by atoms with Gasteiger partial charge in [0.05, 0.1) is 16.0 Å². The van der Waals surface area contributed by atoms with Crippen molar-refractivity contribution >= 4 is 40.1 Å². The van der Waals surface area contributed by atoms with E-state index < -0.39 is 4.92 Å². The number of non-ortho nitro benzene ring substituents is 1. The highest BCUT2D eigenvalue weighted by Crippen LogP contribution is 2.25. The number of nitrogens with zero attached hydrogens (tertiary/aromatic N) is 2. The quantitative estimate of drug-likeness (QED) is 0.439. The number of hydrogen-bond acceptors (Lipinski definition) is 4. The first kappa shape index (κ1) is 13.9. The molecule has 0 spiro atoms.